The minimum Gasteiger partial charge on any atom is -0.343 e. The molecular formula is C97H194Y5-10. The van der Waals surface area contributed by atoms with Crippen LogP contribution in [0.4, 0.5) is 0 Å². The predicted molar refractivity (Wildman–Crippen MR) is 454 cm³/mol. The molecule has 0 aromatic rings. The fourth-order valence-electron chi connectivity index (χ4n) is 13.9. The van der Waals surface area contributed by atoms with Gasteiger partial charge in [-0.05, 0) is 82.9 Å². The van der Waals surface area contributed by atoms with Gasteiger partial charge in [-0.2, -0.15) is 74.0 Å². The summed E-state index contributed by atoms with van der Waals surface area (Å²) in [4.78, 5) is 0. The van der Waals surface area contributed by atoms with Gasteiger partial charge in [0.05, 0.1) is 0 Å². The van der Waals surface area contributed by atoms with Gasteiger partial charge in [0.1, 0.15) is 0 Å². The molecule has 0 saturated heterocycles. The van der Waals surface area contributed by atoms with E-state index in [0.717, 1.165) is 120 Å². The molecule has 0 bridgehead atoms. The van der Waals surface area contributed by atoms with Crippen LogP contribution in [0.15, 0.2) is 0 Å². The molecule has 11 aliphatic carbocycles. The molecule has 5 heteroatoms. The van der Waals surface area contributed by atoms with E-state index in [-0.39, 0.29) is 164 Å². The van der Waals surface area contributed by atoms with E-state index in [4.69, 9.17) is 0 Å². The molecule has 11 fully saturated rings. The third kappa shape index (κ3) is 96.1. The second-order valence-electron chi connectivity index (χ2n) is 37.8. The average Bonchev–Trinajstić information content (AvgIpc) is 1.55. The first-order valence-corrected chi connectivity index (χ1v) is 43.8. The third-order valence-electron chi connectivity index (χ3n) is 19.3. The Bertz CT molecular complexity index is 1290. The first-order valence-electron chi connectivity index (χ1n) is 43.8. The molecule has 0 amide bonds. The molecule has 0 aromatic carbocycles. The quantitative estimate of drug-likeness (QED) is 0.233. The van der Waals surface area contributed by atoms with Gasteiger partial charge in [0, 0.05) is 164 Å². The summed E-state index contributed by atoms with van der Waals surface area (Å²) in [5.41, 5.74) is 0. The van der Waals surface area contributed by atoms with Gasteiger partial charge >= 0.3 is 0 Å². The molecule has 0 spiro atoms. The van der Waals surface area contributed by atoms with Crippen LogP contribution in [0, 0.1) is 198 Å². The van der Waals surface area contributed by atoms with Gasteiger partial charge in [-0.15, -0.1) is 19.3 Å². The van der Waals surface area contributed by atoms with Gasteiger partial charge < -0.3 is 68.2 Å². The molecule has 0 heterocycles. The zero-order valence-electron chi connectivity index (χ0n) is 75.4. The van der Waals surface area contributed by atoms with Crippen LogP contribution >= 0.6 is 0 Å². The summed E-state index contributed by atoms with van der Waals surface area (Å²) in [6, 6.07) is 0. The molecule has 10 atom stereocenters. The number of fused-ring (bicyclic) bond motifs is 3. The summed E-state index contributed by atoms with van der Waals surface area (Å²) in [5, 5.41) is 0. The SMILES string of the molecule is C1CC2CCCC2C1.C1CCC2CCCC2C1.C1CCC2CCCCC2C1.CC(C)C.CC(C)C.CC(C)C.CC(C)C.CC(C)C.CC(C)C.CC(C)C.CC(C)C.[CH2-]C1CCCCC1[CH2-].[CH2-]CC1CCC1[CH2-].[CH2-]CC1CCC1[CH2-].[CH2-]CCC1[CH-]CC1.[CH2-]CCC1[CH-]CCCC1.[Y].[Y].[Y].[Y].[Y]. The Labute approximate surface area is 781 Å². The van der Waals surface area contributed by atoms with Gasteiger partial charge in [-0.25, -0.2) is 0 Å². The second kappa shape index (κ2) is 90.4. The van der Waals surface area contributed by atoms with Gasteiger partial charge in [-0.3, -0.25) is 0 Å². The van der Waals surface area contributed by atoms with Crippen molar-refractivity contribution < 1.29 is 164 Å². The maximum atomic E-state index is 4.02. The summed E-state index contributed by atoms with van der Waals surface area (Å²) >= 11 is 0. The monoisotopic (exact) mass is 1800 g/mol. The average molecular weight is 1810 g/mol. The Balaban J connectivity index is -0.000000112. The molecule has 11 saturated carbocycles. The number of hydrogen-bond acceptors (Lipinski definition) is 0. The molecule has 0 aromatic heterocycles. The zero-order chi connectivity index (χ0) is 75.1. The van der Waals surface area contributed by atoms with Crippen molar-refractivity contribution in [1.82, 2.24) is 0 Å². The van der Waals surface area contributed by atoms with E-state index in [1.807, 2.05) is 0 Å². The molecule has 10 unspecified atom stereocenters. The topological polar surface area (TPSA) is 0 Å². The molecular weight excluding hydrogens is 1610 g/mol. The van der Waals surface area contributed by atoms with Crippen LogP contribution in [-0.2, 0) is 164 Å². The molecule has 0 aliphatic heterocycles. The summed E-state index contributed by atoms with van der Waals surface area (Å²) in [5.74, 6) is 20.0. The van der Waals surface area contributed by atoms with Gasteiger partial charge in [0.15, 0.2) is 0 Å². The molecule has 11 rings (SSSR count). The normalized spacial score (nSPS) is 27.3. The summed E-state index contributed by atoms with van der Waals surface area (Å²) in [6.45, 7) is 83.2. The third-order valence-corrected chi connectivity index (χ3v) is 19.3. The second-order valence-corrected chi connectivity index (χ2v) is 37.8. The van der Waals surface area contributed by atoms with E-state index in [0.29, 0.717) is 11.8 Å². The molecule has 11 aliphatic rings. The molecule has 0 nitrogen and oxygen atoms in total. The van der Waals surface area contributed by atoms with Gasteiger partial charge in [0.2, 0.25) is 0 Å². The smallest absolute Gasteiger partial charge is 0 e. The molecule has 102 heavy (non-hydrogen) atoms. The maximum absolute atomic E-state index is 4.02. The van der Waals surface area contributed by atoms with E-state index in [1.165, 1.54) is 184 Å². The Hall–Kier alpha value is 5.52. The fourth-order valence-corrected chi connectivity index (χ4v) is 13.9. The first kappa shape index (κ1) is 128. The minimum atomic E-state index is 0. The molecule has 607 valence electrons. The van der Waals surface area contributed by atoms with E-state index in [2.05, 4.69) is 234 Å². The van der Waals surface area contributed by atoms with E-state index in [9.17, 15) is 0 Å². The van der Waals surface area contributed by atoms with Crippen molar-refractivity contribution >= 4 is 0 Å². The van der Waals surface area contributed by atoms with Crippen molar-refractivity contribution in [3.05, 3.63) is 68.2 Å². The summed E-state index contributed by atoms with van der Waals surface area (Å²) in [6.07, 6.45) is 63.6. The number of hydrogen-bond donors (Lipinski definition) is 0. The standard InChI is InChI=1S/C10H18.2C9H16.2C8H14.3C7H12.8C4H10.5Y/c1-2-6-10-8-4-3-7-9(10)5-1;1-2-5-9-7-3-6-8(9)4-1;1-2-6-9-7-4-3-5-8-9;1-3-7-5-2-6-8(7)4-1;1-7-5-3-4-6-8(7)2;2*1-3-7-5-4-6(7)2;1-2-4-7-5-3-6-7;8*1-4(2)3;;;;;/h9-10H,1-8H2;8-9H,1-7H2;7,9H,1-6,8H2;2*7-8H,1-6H2;2*6-7H,1-5H2;5,7H,1-4,6H2;8*4H,1-3H3;;;;;/q;;-2;;4*-2;;;;;;;;;;;;;. The van der Waals surface area contributed by atoms with Crippen molar-refractivity contribution in [3.8, 4) is 0 Å². The molecule has 0 N–H and O–H groups in total. The van der Waals surface area contributed by atoms with E-state index in [1.54, 1.807) is 77.0 Å². The molecule has 5 radical (unpaired) electrons. The van der Waals surface area contributed by atoms with Crippen LogP contribution in [0.5, 0.6) is 0 Å². The Morgan fingerprint density at radius 2 is 0.412 bits per heavy atom. The van der Waals surface area contributed by atoms with Crippen LogP contribution in [0.25, 0.3) is 0 Å². The van der Waals surface area contributed by atoms with Crippen molar-refractivity contribution in [3.63, 3.8) is 0 Å². The summed E-state index contributed by atoms with van der Waals surface area (Å²) < 4.78 is 0. The minimum absolute atomic E-state index is 0. The van der Waals surface area contributed by atoms with Gasteiger partial charge in [0.25, 0.3) is 0 Å². The van der Waals surface area contributed by atoms with Crippen LogP contribution in [-0.4, -0.2) is 0 Å². The fraction of sp³-hybridized carbons (Fsp3) is 0.897. The van der Waals surface area contributed by atoms with Crippen LogP contribution in [0.3, 0.4) is 0 Å². The summed E-state index contributed by atoms with van der Waals surface area (Å²) in [7, 11) is 0. The maximum Gasteiger partial charge on any atom is 0 e. The Kier molecular flexibility index (Phi) is 114. The van der Waals surface area contributed by atoms with Crippen LogP contribution < -0.4 is 0 Å². The predicted octanol–water partition coefficient (Wildman–Crippen LogP) is 34.0. The van der Waals surface area contributed by atoms with Gasteiger partial charge in [-0.1, -0.05) is 383 Å². The van der Waals surface area contributed by atoms with Crippen molar-refractivity contribution in [2.45, 2.75) is 429 Å². The van der Waals surface area contributed by atoms with Crippen molar-refractivity contribution in [2.75, 3.05) is 0 Å². The largest absolute Gasteiger partial charge is 0.343 e. The Morgan fingerprint density at radius 3 is 0.529 bits per heavy atom. The zero-order valence-corrected chi connectivity index (χ0v) is 89.6. The van der Waals surface area contributed by atoms with Crippen LogP contribution in [0.2, 0.25) is 0 Å². The Morgan fingerprint density at radius 1 is 0.225 bits per heavy atom. The number of rotatable bonds is 6. The van der Waals surface area contributed by atoms with Crippen molar-refractivity contribution in [2.24, 2.45) is 130 Å². The van der Waals surface area contributed by atoms with E-state index >= 15 is 0 Å². The first-order chi connectivity index (χ1) is 45.6. The van der Waals surface area contributed by atoms with Crippen LogP contribution in [0.1, 0.15) is 429 Å². The van der Waals surface area contributed by atoms with E-state index < -0.39 is 0 Å². The van der Waals surface area contributed by atoms with Crippen molar-refractivity contribution in [1.29, 1.82) is 0 Å².